The second-order valence-corrected chi connectivity index (χ2v) is 5.89. The Morgan fingerprint density at radius 3 is 2.65 bits per heavy atom. The molecule has 1 aromatic heterocycles. The van der Waals surface area contributed by atoms with Crippen LogP contribution in [0, 0.1) is 6.92 Å². The number of hydrogen-bond donors (Lipinski definition) is 2. The van der Waals surface area contributed by atoms with E-state index in [1.165, 1.54) is 0 Å². The Labute approximate surface area is 121 Å². The molecule has 0 saturated carbocycles. The standard InChI is InChI=1S/C15H26N4O/c1-3-4-5-13-17-12(2)10-14(18-13)19-8-6-15(16,11-20)7-9-19/h10,20H,3-9,11,16H2,1-2H3. The summed E-state index contributed by atoms with van der Waals surface area (Å²) in [6.07, 6.45) is 4.83. The lowest BCUT2D eigenvalue weighted by Gasteiger charge is -2.38. The highest BCUT2D eigenvalue weighted by Gasteiger charge is 2.30. The number of anilines is 1. The molecule has 2 heterocycles. The Morgan fingerprint density at radius 1 is 1.35 bits per heavy atom. The molecule has 5 nitrogen and oxygen atoms in total. The zero-order valence-corrected chi connectivity index (χ0v) is 12.6. The normalized spacial score (nSPS) is 18.3. The van der Waals surface area contributed by atoms with E-state index in [-0.39, 0.29) is 6.61 Å². The average molecular weight is 278 g/mol. The summed E-state index contributed by atoms with van der Waals surface area (Å²) in [7, 11) is 0. The molecule has 0 atom stereocenters. The van der Waals surface area contributed by atoms with Crippen LogP contribution < -0.4 is 10.6 Å². The summed E-state index contributed by atoms with van der Waals surface area (Å²) in [6.45, 7) is 5.95. The lowest BCUT2D eigenvalue weighted by molar-refractivity contribution is 0.170. The predicted molar refractivity (Wildman–Crippen MR) is 80.8 cm³/mol. The third-order valence-electron chi connectivity index (χ3n) is 4.04. The molecule has 3 N–H and O–H groups in total. The van der Waals surface area contributed by atoms with Crippen LogP contribution in [0.2, 0.25) is 0 Å². The first kappa shape index (κ1) is 15.2. The van der Waals surface area contributed by atoms with E-state index in [2.05, 4.69) is 21.8 Å². The lowest BCUT2D eigenvalue weighted by atomic mass is 9.89. The zero-order chi connectivity index (χ0) is 14.6. The van der Waals surface area contributed by atoms with Gasteiger partial charge in [-0.15, -0.1) is 0 Å². The second kappa shape index (κ2) is 6.50. The van der Waals surface area contributed by atoms with Gasteiger partial charge in [0.25, 0.3) is 0 Å². The first-order valence-electron chi connectivity index (χ1n) is 7.55. The molecule has 0 aliphatic carbocycles. The Morgan fingerprint density at radius 2 is 2.05 bits per heavy atom. The number of aliphatic hydroxyl groups excluding tert-OH is 1. The average Bonchev–Trinajstić information content (AvgIpc) is 2.45. The van der Waals surface area contributed by atoms with E-state index >= 15 is 0 Å². The number of aromatic nitrogens is 2. The van der Waals surface area contributed by atoms with Crippen LogP contribution in [-0.4, -0.2) is 40.3 Å². The van der Waals surface area contributed by atoms with E-state index in [1.54, 1.807) is 0 Å². The molecule has 0 aromatic carbocycles. The van der Waals surface area contributed by atoms with Crippen molar-refractivity contribution < 1.29 is 5.11 Å². The monoisotopic (exact) mass is 278 g/mol. The first-order chi connectivity index (χ1) is 9.56. The molecular weight excluding hydrogens is 252 g/mol. The summed E-state index contributed by atoms with van der Waals surface area (Å²) < 4.78 is 0. The number of rotatable bonds is 5. The number of aliphatic hydroxyl groups is 1. The van der Waals surface area contributed by atoms with Gasteiger partial charge in [-0.25, -0.2) is 9.97 Å². The molecule has 1 saturated heterocycles. The molecule has 0 radical (unpaired) electrons. The van der Waals surface area contributed by atoms with Crippen molar-refractivity contribution in [2.45, 2.75) is 51.5 Å². The van der Waals surface area contributed by atoms with Crippen LogP contribution >= 0.6 is 0 Å². The molecule has 20 heavy (non-hydrogen) atoms. The van der Waals surface area contributed by atoms with Crippen molar-refractivity contribution in [1.29, 1.82) is 0 Å². The fraction of sp³-hybridized carbons (Fsp3) is 0.733. The van der Waals surface area contributed by atoms with Crippen LogP contribution in [0.1, 0.15) is 44.1 Å². The molecule has 2 rings (SSSR count). The van der Waals surface area contributed by atoms with Crippen molar-refractivity contribution in [3.8, 4) is 0 Å². The highest BCUT2D eigenvalue weighted by molar-refractivity contribution is 5.40. The van der Waals surface area contributed by atoms with Crippen molar-refractivity contribution in [2.24, 2.45) is 5.73 Å². The van der Waals surface area contributed by atoms with Gasteiger partial charge in [0.2, 0.25) is 0 Å². The third kappa shape index (κ3) is 3.67. The van der Waals surface area contributed by atoms with Crippen molar-refractivity contribution in [3.63, 3.8) is 0 Å². The summed E-state index contributed by atoms with van der Waals surface area (Å²) in [6, 6.07) is 2.04. The molecule has 1 aliphatic heterocycles. The van der Waals surface area contributed by atoms with Gasteiger partial charge in [-0.3, -0.25) is 0 Å². The summed E-state index contributed by atoms with van der Waals surface area (Å²) in [4.78, 5) is 11.4. The van der Waals surface area contributed by atoms with Crippen LogP contribution in [0.25, 0.3) is 0 Å². The number of hydrogen-bond acceptors (Lipinski definition) is 5. The van der Waals surface area contributed by atoms with Gasteiger partial charge in [-0.05, 0) is 26.2 Å². The Kier molecular flexibility index (Phi) is 4.94. The van der Waals surface area contributed by atoms with E-state index in [0.29, 0.717) is 0 Å². The second-order valence-electron chi connectivity index (χ2n) is 5.89. The minimum atomic E-state index is -0.413. The van der Waals surface area contributed by atoms with Crippen LogP contribution in [0.4, 0.5) is 5.82 Å². The molecule has 0 bridgehead atoms. The molecule has 112 valence electrons. The first-order valence-corrected chi connectivity index (χ1v) is 7.55. The minimum absolute atomic E-state index is 0.0609. The van der Waals surface area contributed by atoms with Gasteiger partial charge < -0.3 is 15.7 Å². The highest BCUT2D eigenvalue weighted by Crippen LogP contribution is 2.23. The van der Waals surface area contributed by atoms with E-state index in [4.69, 9.17) is 5.73 Å². The van der Waals surface area contributed by atoms with E-state index in [1.807, 2.05) is 13.0 Å². The van der Waals surface area contributed by atoms with Crippen LogP contribution in [-0.2, 0) is 6.42 Å². The third-order valence-corrected chi connectivity index (χ3v) is 4.04. The van der Waals surface area contributed by atoms with Gasteiger partial charge in [0, 0.05) is 36.8 Å². The maximum absolute atomic E-state index is 9.32. The summed E-state index contributed by atoms with van der Waals surface area (Å²) in [5.74, 6) is 1.94. The molecule has 0 amide bonds. The number of nitrogens with zero attached hydrogens (tertiary/aromatic N) is 3. The molecule has 1 aromatic rings. The van der Waals surface area contributed by atoms with Crippen LogP contribution in [0.15, 0.2) is 6.07 Å². The fourth-order valence-electron chi connectivity index (χ4n) is 2.56. The number of unbranched alkanes of at least 4 members (excludes halogenated alkanes) is 1. The Bertz CT molecular complexity index is 441. The molecule has 1 aliphatic rings. The van der Waals surface area contributed by atoms with Crippen molar-refractivity contribution in [1.82, 2.24) is 9.97 Å². The predicted octanol–water partition coefficient (Wildman–Crippen LogP) is 1.42. The van der Waals surface area contributed by atoms with Gasteiger partial charge in [-0.2, -0.15) is 0 Å². The van der Waals surface area contributed by atoms with Gasteiger partial charge >= 0.3 is 0 Å². The largest absolute Gasteiger partial charge is 0.394 e. The van der Waals surface area contributed by atoms with Crippen LogP contribution in [0.3, 0.4) is 0 Å². The smallest absolute Gasteiger partial charge is 0.132 e. The number of aryl methyl sites for hydroxylation is 2. The zero-order valence-electron chi connectivity index (χ0n) is 12.6. The summed E-state index contributed by atoms with van der Waals surface area (Å²) >= 11 is 0. The Balaban J connectivity index is 2.07. The van der Waals surface area contributed by atoms with Gasteiger partial charge in [0.1, 0.15) is 11.6 Å². The van der Waals surface area contributed by atoms with Crippen molar-refractivity contribution in [2.75, 3.05) is 24.6 Å². The van der Waals surface area contributed by atoms with Gasteiger partial charge in [0.15, 0.2) is 0 Å². The topological polar surface area (TPSA) is 75.3 Å². The van der Waals surface area contributed by atoms with Crippen LogP contribution in [0.5, 0.6) is 0 Å². The highest BCUT2D eigenvalue weighted by atomic mass is 16.3. The Hall–Kier alpha value is -1.20. The van der Waals surface area contributed by atoms with E-state index < -0.39 is 5.54 Å². The van der Waals surface area contributed by atoms with Gasteiger partial charge in [0.05, 0.1) is 6.61 Å². The molecule has 0 unspecified atom stereocenters. The molecular formula is C15H26N4O. The SMILES string of the molecule is CCCCc1nc(C)cc(N2CCC(N)(CO)CC2)n1. The van der Waals surface area contributed by atoms with E-state index in [9.17, 15) is 5.11 Å². The lowest BCUT2D eigenvalue weighted by Crippen LogP contribution is -2.53. The molecule has 5 heteroatoms. The molecule has 0 spiro atoms. The molecule has 1 fully saturated rings. The van der Waals surface area contributed by atoms with Gasteiger partial charge in [-0.1, -0.05) is 13.3 Å². The fourth-order valence-corrected chi connectivity index (χ4v) is 2.56. The quantitative estimate of drug-likeness (QED) is 0.852. The summed E-state index contributed by atoms with van der Waals surface area (Å²) in [5, 5.41) is 9.32. The maximum Gasteiger partial charge on any atom is 0.132 e. The van der Waals surface area contributed by atoms with E-state index in [0.717, 1.165) is 62.5 Å². The number of nitrogens with two attached hydrogens (primary N) is 1. The van der Waals surface area contributed by atoms with Crippen molar-refractivity contribution in [3.05, 3.63) is 17.6 Å². The number of piperidine rings is 1. The van der Waals surface area contributed by atoms with Crippen molar-refractivity contribution >= 4 is 5.82 Å². The summed E-state index contributed by atoms with van der Waals surface area (Å²) in [5.41, 5.74) is 6.72. The maximum atomic E-state index is 9.32. The minimum Gasteiger partial charge on any atom is -0.394 e.